The maximum atomic E-state index is 8.77. The molecule has 100 valence electrons. The fourth-order valence-corrected chi connectivity index (χ4v) is 2.10. The lowest BCUT2D eigenvalue weighted by Crippen LogP contribution is -2.20. The van der Waals surface area contributed by atoms with E-state index in [2.05, 4.69) is 10.3 Å². The average molecular weight is 254 g/mol. The summed E-state index contributed by atoms with van der Waals surface area (Å²) in [7, 11) is 1.76. The van der Waals surface area contributed by atoms with E-state index in [0.717, 1.165) is 19.4 Å². The minimum atomic E-state index is 0.00272. The van der Waals surface area contributed by atoms with Gasteiger partial charge in [0.05, 0.1) is 11.8 Å². The molecule has 0 saturated carbocycles. The van der Waals surface area contributed by atoms with Crippen molar-refractivity contribution in [2.75, 3.05) is 13.2 Å². The molecule has 0 bridgehead atoms. The molecule has 1 fully saturated rings. The summed E-state index contributed by atoms with van der Waals surface area (Å²) in [6.45, 7) is 3.02. The van der Waals surface area contributed by atoms with E-state index in [1.807, 2.05) is 0 Å². The van der Waals surface area contributed by atoms with Gasteiger partial charge in [0.2, 0.25) is 5.88 Å². The Morgan fingerprint density at radius 3 is 3.11 bits per heavy atom. The van der Waals surface area contributed by atoms with Gasteiger partial charge in [-0.05, 0) is 19.8 Å². The fraction of sp³-hybridized carbons (Fsp3) is 0.636. The van der Waals surface area contributed by atoms with Crippen LogP contribution in [0, 0.1) is 6.92 Å². The number of amidine groups is 1. The SMILES string of the molecule is Cc1nn(C)c(OCC2CCCO2)c1C(N)=NO. The average Bonchev–Trinajstić information content (AvgIpc) is 2.94. The van der Waals surface area contributed by atoms with Crippen molar-refractivity contribution in [3.05, 3.63) is 11.3 Å². The largest absolute Gasteiger partial charge is 0.475 e. The van der Waals surface area contributed by atoms with Crippen LogP contribution >= 0.6 is 0 Å². The molecule has 1 aromatic rings. The first-order valence-electron chi connectivity index (χ1n) is 5.89. The molecule has 1 saturated heterocycles. The third kappa shape index (κ3) is 2.40. The van der Waals surface area contributed by atoms with E-state index < -0.39 is 0 Å². The maximum Gasteiger partial charge on any atom is 0.223 e. The molecular formula is C11H18N4O3. The smallest absolute Gasteiger partial charge is 0.223 e. The standard InChI is InChI=1S/C11H18N4O3/c1-7-9(10(12)14-16)11(15(2)13-7)18-6-8-4-3-5-17-8/h8,16H,3-6H2,1-2H3,(H2,12,14). The lowest BCUT2D eigenvalue weighted by Gasteiger charge is -2.12. The molecule has 0 aliphatic carbocycles. The van der Waals surface area contributed by atoms with Gasteiger partial charge in [0.15, 0.2) is 5.84 Å². The molecule has 0 radical (unpaired) electrons. The Labute approximate surface area is 105 Å². The molecule has 1 aromatic heterocycles. The second kappa shape index (κ2) is 5.26. The lowest BCUT2D eigenvalue weighted by atomic mass is 10.2. The number of aryl methyl sites for hydroxylation is 2. The van der Waals surface area contributed by atoms with Crippen LogP contribution in [0.15, 0.2) is 5.16 Å². The van der Waals surface area contributed by atoms with Crippen molar-refractivity contribution < 1.29 is 14.7 Å². The zero-order valence-electron chi connectivity index (χ0n) is 10.6. The van der Waals surface area contributed by atoms with Gasteiger partial charge in [0, 0.05) is 13.7 Å². The van der Waals surface area contributed by atoms with E-state index in [-0.39, 0.29) is 11.9 Å². The van der Waals surface area contributed by atoms with Gasteiger partial charge in [0.1, 0.15) is 12.2 Å². The number of hydrogen-bond acceptors (Lipinski definition) is 5. The summed E-state index contributed by atoms with van der Waals surface area (Å²) in [5, 5.41) is 16.0. The normalized spacial score (nSPS) is 20.3. The molecule has 18 heavy (non-hydrogen) atoms. The van der Waals surface area contributed by atoms with Gasteiger partial charge in [-0.2, -0.15) is 5.10 Å². The van der Waals surface area contributed by atoms with Crippen LogP contribution in [-0.4, -0.2) is 40.1 Å². The number of nitrogens with zero attached hydrogens (tertiary/aromatic N) is 3. The molecule has 1 aliphatic rings. The summed E-state index contributed by atoms with van der Waals surface area (Å²) in [6, 6.07) is 0. The number of oxime groups is 1. The van der Waals surface area contributed by atoms with E-state index in [1.165, 1.54) is 0 Å². The Morgan fingerprint density at radius 2 is 2.50 bits per heavy atom. The molecule has 0 aromatic carbocycles. The second-order valence-corrected chi connectivity index (χ2v) is 4.32. The highest BCUT2D eigenvalue weighted by Gasteiger charge is 2.21. The third-order valence-corrected chi connectivity index (χ3v) is 2.96. The second-order valence-electron chi connectivity index (χ2n) is 4.32. The van der Waals surface area contributed by atoms with Crippen molar-refractivity contribution in [2.45, 2.75) is 25.9 Å². The zero-order chi connectivity index (χ0) is 13.1. The Balaban J connectivity index is 2.15. The Bertz CT molecular complexity index is 449. The van der Waals surface area contributed by atoms with Crippen molar-refractivity contribution in [1.82, 2.24) is 9.78 Å². The summed E-state index contributed by atoms with van der Waals surface area (Å²) in [4.78, 5) is 0. The molecule has 0 amide bonds. The fourth-order valence-electron chi connectivity index (χ4n) is 2.10. The van der Waals surface area contributed by atoms with E-state index in [0.29, 0.717) is 23.7 Å². The molecule has 1 aliphatic heterocycles. The minimum Gasteiger partial charge on any atom is -0.475 e. The van der Waals surface area contributed by atoms with Crippen LogP contribution < -0.4 is 10.5 Å². The van der Waals surface area contributed by atoms with Crippen LogP contribution in [0.2, 0.25) is 0 Å². The zero-order valence-corrected chi connectivity index (χ0v) is 10.6. The lowest BCUT2D eigenvalue weighted by molar-refractivity contribution is 0.0647. The first kappa shape index (κ1) is 12.7. The number of aromatic nitrogens is 2. The van der Waals surface area contributed by atoms with Gasteiger partial charge >= 0.3 is 0 Å². The van der Waals surface area contributed by atoms with Crippen molar-refractivity contribution >= 4 is 5.84 Å². The van der Waals surface area contributed by atoms with E-state index >= 15 is 0 Å². The van der Waals surface area contributed by atoms with Crippen LogP contribution in [-0.2, 0) is 11.8 Å². The molecule has 0 spiro atoms. The quantitative estimate of drug-likeness (QED) is 0.350. The highest BCUT2D eigenvalue weighted by molar-refractivity contribution is 6.00. The molecule has 3 N–H and O–H groups in total. The number of ether oxygens (including phenoxy) is 2. The number of nitrogens with two attached hydrogens (primary N) is 1. The van der Waals surface area contributed by atoms with E-state index in [4.69, 9.17) is 20.4 Å². The van der Waals surface area contributed by atoms with Crippen LogP contribution in [0.3, 0.4) is 0 Å². The van der Waals surface area contributed by atoms with E-state index in [1.54, 1.807) is 18.7 Å². The Morgan fingerprint density at radius 1 is 1.72 bits per heavy atom. The molecule has 1 unspecified atom stereocenters. The van der Waals surface area contributed by atoms with Gasteiger partial charge in [-0.15, -0.1) is 0 Å². The number of rotatable bonds is 4. The molecule has 7 heteroatoms. The Kier molecular flexibility index (Phi) is 3.71. The van der Waals surface area contributed by atoms with Crippen LogP contribution in [0.4, 0.5) is 0 Å². The summed E-state index contributed by atoms with van der Waals surface area (Å²) < 4.78 is 12.8. The maximum absolute atomic E-state index is 8.77. The predicted octanol–water partition coefficient (Wildman–Crippen LogP) is 0.381. The van der Waals surface area contributed by atoms with Crippen LogP contribution in [0.5, 0.6) is 5.88 Å². The van der Waals surface area contributed by atoms with Gasteiger partial charge in [0.25, 0.3) is 0 Å². The molecule has 2 rings (SSSR count). The molecule has 7 nitrogen and oxygen atoms in total. The molecular weight excluding hydrogens is 236 g/mol. The summed E-state index contributed by atoms with van der Waals surface area (Å²) in [6.07, 6.45) is 2.17. The topological polar surface area (TPSA) is 94.9 Å². The van der Waals surface area contributed by atoms with Crippen LogP contribution in [0.25, 0.3) is 0 Å². The van der Waals surface area contributed by atoms with Gasteiger partial charge < -0.3 is 20.4 Å². The highest BCUT2D eigenvalue weighted by atomic mass is 16.5. The first-order valence-corrected chi connectivity index (χ1v) is 5.89. The van der Waals surface area contributed by atoms with Crippen molar-refractivity contribution in [3.63, 3.8) is 0 Å². The van der Waals surface area contributed by atoms with Gasteiger partial charge in [-0.1, -0.05) is 5.16 Å². The first-order chi connectivity index (χ1) is 8.63. The van der Waals surface area contributed by atoms with Gasteiger partial charge in [-0.3, -0.25) is 0 Å². The third-order valence-electron chi connectivity index (χ3n) is 2.96. The minimum absolute atomic E-state index is 0.00272. The molecule has 2 heterocycles. The van der Waals surface area contributed by atoms with Gasteiger partial charge in [-0.25, -0.2) is 4.68 Å². The monoisotopic (exact) mass is 254 g/mol. The highest BCUT2D eigenvalue weighted by Crippen LogP contribution is 2.22. The summed E-state index contributed by atoms with van der Waals surface area (Å²) in [5.41, 5.74) is 6.82. The van der Waals surface area contributed by atoms with E-state index in [9.17, 15) is 0 Å². The Hall–Kier alpha value is -1.76. The summed E-state index contributed by atoms with van der Waals surface area (Å²) in [5.74, 6) is 0.501. The molecule has 1 atom stereocenters. The van der Waals surface area contributed by atoms with Crippen molar-refractivity contribution in [1.29, 1.82) is 0 Å². The predicted molar refractivity (Wildman–Crippen MR) is 64.9 cm³/mol. The van der Waals surface area contributed by atoms with Crippen molar-refractivity contribution in [3.8, 4) is 5.88 Å². The number of hydrogen-bond donors (Lipinski definition) is 2. The summed E-state index contributed by atoms with van der Waals surface area (Å²) >= 11 is 0. The van der Waals surface area contributed by atoms with Crippen LogP contribution in [0.1, 0.15) is 24.1 Å². The van der Waals surface area contributed by atoms with Crippen molar-refractivity contribution in [2.24, 2.45) is 17.9 Å².